The minimum absolute atomic E-state index is 0.0312. The topological polar surface area (TPSA) is 26.0 Å². The van der Waals surface area contributed by atoms with Gasteiger partial charge in [0, 0.05) is 6.42 Å². The van der Waals surface area contributed by atoms with Crippen LogP contribution in [-0.4, -0.2) is 6.04 Å². The van der Waals surface area contributed by atoms with E-state index in [9.17, 15) is 0 Å². The predicted octanol–water partition coefficient (Wildman–Crippen LogP) is 1.38. The molecule has 0 amide bonds. The van der Waals surface area contributed by atoms with Gasteiger partial charge in [0.15, 0.2) is 0 Å². The quantitative estimate of drug-likeness (QED) is 0.526. The minimum atomic E-state index is 0.0312. The molecule has 0 bridgehead atoms. The fourth-order valence-electron chi connectivity index (χ4n) is 0.424. The smallest absolute Gasteiger partial charge is 0.0635 e. The molecule has 2 N–H and O–H groups in total. The Kier molecular flexibility index (Phi) is 4.17. The van der Waals surface area contributed by atoms with Crippen molar-refractivity contribution >= 4 is 0 Å². The van der Waals surface area contributed by atoms with Crippen LogP contribution in [-0.2, 0) is 0 Å². The fourth-order valence-corrected chi connectivity index (χ4v) is 0.424. The van der Waals surface area contributed by atoms with Gasteiger partial charge in [-0.15, -0.1) is 5.92 Å². The average molecular weight is 125 g/mol. The Bertz CT molecular complexity index is 114. The highest BCUT2D eigenvalue weighted by Gasteiger charge is 1.86. The summed E-state index contributed by atoms with van der Waals surface area (Å²) in [5.41, 5.74) is 5.41. The van der Waals surface area contributed by atoms with Gasteiger partial charge in [-0.1, -0.05) is 19.8 Å². The number of hydrogen-bond acceptors (Lipinski definition) is 1. The van der Waals surface area contributed by atoms with E-state index in [0.717, 1.165) is 6.42 Å². The zero-order valence-electron chi connectivity index (χ0n) is 6.44. The maximum atomic E-state index is 5.41. The van der Waals surface area contributed by atoms with Gasteiger partial charge in [0.25, 0.3) is 0 Å². The third-order valence-electron chi connectivity index (χ3n) is 0.840. The lowest BCUT2D eigenvalue weighted by Gasteiger charge is -1.93. The summed E-state index contributed by atoms with van der Waals surface area (Å²) in [6.45, 7) is 6.19. The molecule has 1 unspecified atom stereocenters. The molecule has 52 valence electrons. The van der Waals surface area contributed by atoms with E-state index in [2.05, 4.69) is 25.7 Å². The fraction of sp³-hybridized carbons (Fsp3) is 0.750. The van der Waals surface area contributed by atoms with E-state index in [1.807, 2.05) is 6.92 Å². The second-order valence-electron chi connectivity index (χ2n) is 2.71. The SMILES string of the molecule is CC(N)C#CCC(C)C. The first kappa shape index (κ1) is 8.52. The van der Waals surface area contributed by atoms with Gasteiger partial charge in [-0.05, 0) is 12.8 Å². The van der Waals surface area contributed by atoms with Crippen molar-refractivity contribution in [2.45, 2.75) is 33.2 Å². The van der Waals surface area contributed by atoms with Crippen LogP contribution in [0.25, 0.3) is 0 Å². The van der Waals surface area contributed by atoms with Crippen molar-refractivity contribution in [1.82, 2.24) is 0 Å². The molecule has 0 fully saturated rings. The Morgan fingerprint density at radius 3 is 2.22 bits per heavy atom. The van der Waals surface area contributed by atoms with E-state index in [1.54, 1.807) is 0 Å². The predicted molar refractivity (Wildman–Crippen MR) is 40.9 cm³/mol. The van der Waals surface area contributed by atoms with Crippen LogP contribution in [0.2, 0.25) is 0 Å². The molecule has 0 aliphatic heterocycles. The van der Waals surface area contributed by atoms with Crippen LogP contribution in [0.3, 0.4) is 0 Å². The monoisotopic (exact) mass is 125 g/mol. The first-order valence-electron chi connectivity index (χ1n) is 3.37. The van der Waals surface area contributed by atoms with Gasteiger partial charge in [-0.3, -0.25) is 0 Å². The third kappa shape index (κ3) is 7.52. The van der Waals surface area contributed by atoms with Crippen LogP contribution in [0, 0.1) is 17.8 Å². The van der Waals surface area contributed by atoms with E-state index in [-0.39, 0.29) is 6.04 Å². The van der Waals surface area contributed by atoms with Gasteiger partial charge >= 0.3 is 0 Å². The molecule has 9 heavy (non-hydrogen) atoms. The number of nitrogens with two attached hydrogens (primary N) is 1. The first-order valence-corrected chi connectivity index (χ1v) is 3.37. The van der Waals surface area contributed by atoms with Crippen molar-refractivity contribution in [1.29, 1.82) is 0 Å². The summed E-state index contributed by atoms with van der Waals surface area (Å²) in [7, 11) is 0. The molecule has 0 aromatic carbocycles. The summed E-state index contributed by atoms with van der Waals surface area (Å²) < 4.78 is 0. The lowest BCUT2D eigenvalue weighted by molar-refractivity contribution is 0.675. The number of rotatable bonds is 1. The molecule has 0 saturated carbocycles. The lowest BCUT2D eigenvalue weighted by atomic mass is 10.1. The Balaban J connectivity index is 3.38. The number of hydrogen-bond donors (Lipinski definition) is 1. The van der Waals surface area contributed by atoms with Crippen molar-refractivity contribution < 1.29 is 0 Å². The van der Waals surface area contributed by atoms with E-state index < -0.39 is 0 Å². The molecule has 0 rings (SSSR count). The third-order valence-corrected chi connectivity index (χ3v) is 0.840. The molecule has 0 spiro atoms. The zero-order valence-corrected chi connectivity index (χ0v) is 6.44. The second kappa shape index (κ2) is 4.40. The summed E-state index contributed by atoms with van der Waals surface area (Å²) in [6.07, 6.45) is 0.960. The summed E-state index contributed by atoms with van der Waals surface area (Å²) in [6, 6.07) is 0.0312. The van der Waals surface area contributed by atoms with Crippen LogP contribution in [0.1, 0.15) is 27.2 Å². The summed E-state index contributed by atoms with van der Waals surface area (Å²) in [5, 5.41) is 0. The first-order chi connectivity index (χ1) is 4.13. The van der Waals surface area contributed by atoms with Gasteiger partial charge in [0.1, 0.15) is 0 Å². The lowest BCUT2D eigenvalue weighted by Crippen LogP contribution is -2.10. The highest BCUT2D eigenvalue weighted by atomic mass is 14.6. The van der Waals surface area contributed by atoms with E-state index in [1.165, 1.54) is 0 Å². The molecule has 0 aromatic heterocycles. The molecule has 1 atom stereocenters. The molecule has 0 heterocycles. The summed E-state index contributed by atoms with van der Waals surface area (Å²) >= 11 is 0. The van der Waals surface area contributed by atoms with Gasteiger partial charge in [-0.25, -0.2) is 0 Å². The molecule has 0 radical (unpaired) electrons. The van der Waals surface area contributed by atoms with Crippen LogP contribution < -0.4 is 5.73 Å². The molecular weight excluding hydrogens is 110 g/mol. The molecule has 0 aliphatic rings. The largest absolute Gasteiger partial charge is 0.318 e. The van der Waals surface area contributed by atoms with Gasteiger partial charge in [-0.2, -0.15) is 0 Å². The van der Waals surface area contributed by atoms with Crippen LogP contribution >= 0.6 is 0 Å². The summed E-state index contributed by atoms with van der Waals surface area (Å²) in [4.78, 5) is 0. The highest BCUT2D eigenvalue weighted by molar-refractivity contribution is 5.04. The van der Waals surface area contributed by atoms with E-state index in [4.69, 9.17) is 5.73 Å². The normalized spacial score (nSPS) is 12.6. The average Bonchev–Trinajstić information content (AvgIpc) is 1.63. The molecule has 1 heteroatoms. The van der Waals surface area contributed by atoms with Crippen molar-refractivity contribution in [2.24, 2.45) is 11.7 Å². The molecule has 0 aliphatic carbocycles. The van der Waals surface area contributed by atoms with E-state index >= 15 is 0 Å². The van der Waals surface area contributed by atoms with Crippen molar-refractivity contribution in [3.05, 3.63) is 0 Å². The Hall–Kier alpha value is -0.480. The van der Waals surface area contributed by atoms with E-state index in [0.29, 0.717) is 5.92 Å². The van der Waals surface area contributed by atoms with Crippen LogP contribution in [0.15, 0.2) is 0 Å². The summed E-state index contributed by atoms with van der Waals surface area (Å²) in [5.74, 6) is 6.58. The molecule has 0 saturated heterocycles. The van der Waals surface area contributed by atoms with Crippen LogP contribution in [0.4, 0.5) is 0 Å². The molecule has 0 aromatic rings. The van der Waals surface area contributed by atoms with Crippen molar-refractivity contribution in [2.75, 3.05) is 0 Å². The minimum Gasteiger partial charge on any atom is -0.318 e. The Labute approximate surface area is 57.6 Å². The molecule has 1 nitrogen and oxygen atoms in total. The maximum absolute atomic E-state index is 5.41. The standard InChI is InChI=1S/C8H15N/c1-7(2)5-4-6-8(3)9/h7-8H,5,9H2,1-3H3. The van der Waals surface area contributed by atoms with Crippen molar-refractivity contribution in [3.8, 4) is 11.8 Å². The second-order valence-corrected chi connectivity index (χ2v) is 2.71. The highest BCUT2D eigenvalue weighted by Crippen LogP contribution is 1.95. The van der Waals surface area contributed by atoms with Gasteiger partial charge in [0.2, 0.25) is 0 Å². The van der Waals surface area contributed by atoms with Crippen LogP contribution in [0.5, 0.6) is 0 Å². The van der Waals surface area contributed by atoms with Gasteiger partial charge < -0.3 is 5.73 Å². The Morgan fingerprint density at radius 1 is 1.33 bits per heavy atom. The zero-order chi connectivity index (χ0) is 7.28. The van der Waals surface area contributed by atoms with Crippen molar-refractivity contribution in [3.63, 3.8) is 0 Å². The maximum Gasteiger partial charge on any atom is 0.0635 e. The molecular formula is C8H15N. The Morgan fingerprint density at radius 2 is 1.89 bits per heavy atom. The van der Waals surface area contributed by atoms with Gasteiger partial charge in [0.05, 0.1) is 6.04 Å².